The van der Waals surface area contributed by atoms with Gasteiger partial charge in [-0.1, -0.05) is 18.5 Å². The maximum atomic E-state index is 12.7. The maximum Gasteiger partial charge on any atom is 0.336 e. The van der Waals surface area contributed by atoms with E-state index in [1.807, 2.05) is 0 Å². The highest BCUT2D eigenvalue weighted by Gasteiger charge is 2.30. The zero-order chi connectivity index (χ0) is 15.8. The Balaban J connectivity index is 2.47. The van der Waals surface area contributed by atoms with Gasteiger partial charge in [0.25, 0.3) is 0 Å². The minimum atomic E-state index is -3.71. The zero-order valence-electron chi connectivity index (χ0n) is 12.0. The van der Waals surface area contributed by atoms with Gasteiger partial charge in [0.05, 0.1) is 10.5 Å². The molecule has 0 amide bonds. The number of aromatic carboxylic acids is 1. The largest absolute Gasteiger partial charge is 0.478 e. The smallest absolute Gasteiger partial charge is 0.336 e. The van der Waals surface area contributed by atoms with Crippen molar-refractivity contribution in [2.45, 2.75) is 31.6 Å². The zero-order valence-corrected chi connectivity index (χ0v) is 13.5. The average Bonchev–Trinajstić information content (AvgIpc) is 2.41. The number of nitrogens with zero attached hydrogens (tertiary/aromatic N) is 1. The van der Waals surface area contributed by atoms with Crippen LogP contribution in [0, 0.1) is 12.8 Å². The van der Waals surface area contributed by atoms with Crippen LogP contribution in [0.25, 0.3) is 0 Å². The summed E-state index contributed by atoms with van der Waals surface area (Å²) in [7, 11) is -3.71. The third-order valence-electron chi connectivity index (χ3n) is 3.92. The topological polar surface area (TPSA) is 74.7 Å². The summed E-state index contributed by atoms with van der Waals surface area (Å²) in [5, 5.41) is 9.27. The summed E-state index contributed by atoms with van der Waals surface area (Å²) in [5.74, 6) is -0.676. The normalized spacial score (nSPS) is 17.9. The number of carbonyl (C=O) groups is 1. The van der Waals surface area contributed by atoms with E-state index in [1.54, 1.807) is 0 Å². The number of carboxylic acids is 1. The molecule has 2 rings (SSSR count). The van der Waals surface area contributed by atoms with Crippen LogP contribution in [0.1, 0.15) is 35.7 Å². The molecule has 1 fully saturated rings. The van der Waals surface area contributed by atoms with Crippen molar-refractivity contribution >= 4 is 27.6 Å². The quantitative estimate of drug-likeness (QED) is 0.924. The number of benzene rings is 1. The molecule has 1 aromatic rings. The molecule has 0 radical (unpaired) electrons. The molecule has 1 heterocycles. The van der Waals surface area contributed by atoms with Crippen LogP contribution >= 0.6 is 11.6 Å². The molecular formula is C14H18ClNO4S. The molecule has 0 atom stereocenters. The first-order valence-electron chi connectivity index (χ1n) is 6.77. The number of rotatable bonds is 3. The summed E-state index contributed by atoms with van der Waals surface area (Å²) in [6, 6.07) is 2.60. The van der Waals surface area contributed by atoms with Crippen molar-refractivity contribution in [1.29, 1.82) is 0 Å². The highest BCUT2D eigenvalue weighted by molar-refractivity contribution is 7.89. The van der Waals surface area contributed by atoms with Crippen molar-refractivity contribution in [3.8, 4) is 0 Å². The minimum absolute atomic E-state index is 0.0121. The monoisotopic (exact) mass is 331 g/mol. The molecule has 0 bridgehead atoms. The van der Waals surface area contributed by atoms with Crippen LogP contribution in [0.5, 0.6) is 0 Å². The van der Waals surface area contributed by atoms with E-state index < -0.39 is 16.0 Å². The van der Waals surface area contributed by atoms with E-state index >= 15 is 0 Å². The van der Waals surface area contributed by atoms with Crippen LogP contribution in [0.3, 0.4) is 0 Å². The fourth-order valence-corrected chi connectivity index (χ4v) is 4.53. The van der Waals surface area contributed by atoms with Gasteiger partial charge < -0.3 is 5.11 Å². The van der Waals surface area contributed by atoms with Crippen molar-refractivity contribution in [3.63, 3.8) is 0 Å². The highest BCUT2D eigenvalue weighted by Crippen LogP contribution is 2.29. The van der Waals surface area contributed by atoms with Gasteiger partial charge in [0.1, 0.15) is 0 Å². The molecule has 0 unspecified atom stereocenters. The second-order valence-electron chi connectivity index (χ2n) is 5.47. The number of hydrogen-bond acceptors (Lipinski definition) is 3. The van der Waals surface area contributed by atoms with Gasteiger partial charge in [-0.3, -0.25) is 0 Å². The summed E-state index contributed by atoms with van der Waals surface area (Å²) in [4.78, 5) is 11.2. The molecule has 0 saturated carbocycles. The van der Waals surface area contributed by atoms with Crippen molar-refractivity contribution in [2.24, 2.45) is 5.92 Å². The Hall–Kier alpha value is -1.11. The number of halogens is 1. The fourth-order valence-electron chi connectivity index (χ4n) is 2.51. The lowest BCUT2D eigenvalue weighted by atomic mass is 10.0. The Labute approximate surface area is 129 Å². The number of hydrogen-bond donors (Lipinski definition) is 1. The van der Waals surface area contributed by atoms with Crippen molar-refractivity contribution < 1.29 is 18.3 Å². The van der Waals surface area contributed by atoms with Crippen LogP contribution in [-0.2, 0) is 10.0 Å². The Morgan fingerprint density at radius 3 is 2.43 bits per heavy atom. The van der Waals surface area contributed by atoms with E-state index in [0.717, 1.165) is 12.8 Å². The molecule has 21 heavy (non-hydrogen) atoms. The summed E-state index contributed by atoms with van der Waals surface area (Å²) in [6.07, 6.45) is 1.62. The molecule has 5 nitrogen and oxygen atoms in total. The molecule has 7 heteroatoms. The Morgan fingerprint density at radius 2 is 1.90 bits per heavy atom. The Kier molecular flexibility index (Phi) is 4.60. The second kappa shape index (κ2) is 5.94. The highest BCUT2D eigenvalue weighted by atomic mass is 35.5. The number of piperidine rings is 1. The molecule has 1 N–H and O–H groups in total. The SMILES string of the molecule is Cc1c(C(=O)O)cc(Cl)cc1S(=O)(=O)N1CCC(C)CC1. The number of sulfonamides is 1. The molecule has 0 aromatic heterocycles. The molecule has 116 valence electrons. The van der Waals surface area contributed by atoms with Gasteiger partial charge in [-0.15, -0.1) is 0 Å². The molecule has 1 aromatic carbocycles. The van der Waals surface area contributed by atoms with Gasteiger partial charge in [0, 0.05) is 18.1 Å². The maximum absolute atomic E-state index is 12.7. The van der Waals surface area contributed by atoms with Crippen LogP contribution in [0.4, 0.5) is 0 Å². The number of carboxylic acid groups (broad SMARTS) is 1. The van der Waals surface area contributed by atoms with E-state index in [4.69, 9.17) is 16.7 Å². The first-order chi connectivity index (χ1) is 9.73. The van der Waals surface area contributed by atoms with E-state index in [0.29, 0.717) is 19.0 Å². The summed E-state index contributed by atoms with van der Waals surface area (Å²) >= 11 is 5.89. The van der Waals surface area contributed by atoms with E-state index in [9.17, 15) is 13.2 Å². The third-order valence-corrected chi connectivity index (χ3v) is 6.16. The van der Waals surface area contributed by atoms with Crippen LogP contribution < -0.4 is 0 Å². The average molecular weight is 332 g/mol. The lowest BCUT2D eigenvalue weighted by molar-refractivity contribution is 0.0696. The van der Waals surface area contributed by atoms with Gasteiger partial charge in [-0.25, -0.2) is 13.2 Å². The van der Waals surface area contributed by atoms with Crippen LogP contribution in [-0.4, -0.2) is 36.9 Å². The third kappa shape index (κ3) is 3.22. The Morgan fingerprint density at radius 1 is 1.33 bits per heavy atom. The van der Waals surface area contributed by atoms with Gasteiger partial charge in [-0.05, 0) is 43.4 Å². The van der Waals surface area contributed by atoms with Crippen molar-refractivity contribution in [3.05, 3.63) is 28.3 Å². The molecule has 1 aliphatic heterocycles. The van der Waals surface area contributed by atoms with Crippen LogP contribution in [0.2, 0.25) is 5.02 Å². The van der Waals surface area contributed by atoms with Gasteiger partial charge >= 0.3 is 5.97 Å². The standard InChI is InChI=1S/C14H18ClNO4S/c1-9-3-5-16(6-4-9)21(19,20)13-8-11(15)7-12(10(13)2)14(17)18/h7-9H,3-6H2,1-2H3,(H,17,18). The van der Waals surface area contributed by atoms with Crippen LogP contribution in [0.15, 0.2) is 17.0 Å². The van der Waals surface area contributed by atoms with Gasteiger partial charge in [0.2, 0.25) is 10.0 Å². The lowest BCUT2D eigenvalue weighted by Gasteiger charge is -2.30. The fraction of sp³-hybridized carbons (Fsp3) is 0.500. The molecule has 1 saturated heterocycles. The first kappa shape index (κ1) is 16.3. The minimum Gasteiger partial charge on any atom is -0.478 e. The molecule has 0 spiro atoms. The molecule has 1 aliphatic rings. The van der Waals surface area contributed by atoms with E-state index in [-0.39, 0.29) is 21.0 Å². The lowest BCUT2D eigenvalue weighted by Crippen LogP contribution is -2.38. The summed E-state index contributed by atoms with van der Waals surface area (Å²) in [5.41, 5.74) is 0.150. The van der Waals surface area contributed by atoms with Gasteiger partial charge in [0.15, 0.2) is 0 Å². The first-order valence-corrected chi connectivity index (χ1v) is 8.59. The predicted molar refractivity (Wildman–Crippen MR) is 80.3 cm³/mol. The van der Waals surface area contributed by atoms with Crippen molar-refractivity contribution in [2.75, 3.05) is 13.1 Å². The van der Waals surface area contributed by atoms with Gasteiger partial charge in [-0.2, -0.15) is 4.31 Å². The predicted octanol–water partition coefficient (Wildman–Crippen LogP) is 2.77. The van der Waals surface area contributed by atoms with E-state index in [2.05, 4.69) is 6.92 Å². The van der Waals surface area contributed by atoms with E-state index in [1.165, 1.54) is 23.4 Å². The Bertz CT molecular complexity index is 664. The second-order valence-corrected chi connectivity index (χ2v) is 7.81. The van der Waals surface area contributed by atoms with Crippen molar-refractivity contribution in [1.82, 2.24) is 4.31 Å². The molecular weight excluding hydrogens is 314 g/mol. The molecule has 0 aliphatic carbocycles. The summed E-state index contributed by atoms with van der Waals surface area (Å²) < 4.78 is 26.8. The summed E-state index contributed by atoms with van der Waals surface area (Å²) in [6.45, 7) is 4.51.